The standard InChI is InChI=1S/C16H16N2O5S/c17-16(19)11-3-1-4-12(9-11)18-24(20,21)13-5-6-14-15(10-13)23-8-2-7-22-14/h1,3-6,9-10,18H,2,7-8H2,(H2,17,19). The van der Waals surface area contributed by atoms with E-state index in [9.17, 15) is 13.2 Å². The van der Waals surface area contributed by atoms with Crippen molar-refractivity contribution in [2.75, 3.05) is 17.9 Å². The highest BCUT2D eigenvalue weighted by Crippen LogP contribution is 2.32. The van der Waals surface area contributed by atoms with E-state index in [1.807, 2.05) is 0 Å². The minimum absolute atomic E-state index is 0.0382. The Labute approximate surface area is 139 Å². The van der Waals surface area contributed by atoms with Gasteiger partial charge in [-0.3, -0.25) is 9.52 Å². The highest BCUT2D eigenvalue weighted by Gasteiger charge is 2.19. The Morgan fingerprint density at radius 3 is 2.54 bits per heavy atom. The van der Waals surface area contributed by atoms with Gasteiger partial charge in [0.25, 0.3) is 10.0 Å². The smallest absolute Gasteiger partial charge is 0.262 e. The van der Waals surface area contributed by atoms with Gasteiger partial charge in [0.1, 0.15) is 0 Å². The monoisotopic (exact) mass is 348 g/mol. The lowest BCUT2D eigenvalue weighted by Gasteiger charge is -2.12. The summed E-state index contributed by atoms with van der Waals surface area (Å²) in [4.78, 5) is 11.2. The van der Waals surface area contributed by atoms with Crippen molar-refractivity contribution in [2.45, 2.75) is 11.3 Å². The fourth-order valence-corrected chi connectivity index (χ4v) is 3.33. The quantitative estimate of drug-likeness (QED) is 0.875. The molecule has 3 rings (SSSR count). The molecule has 3 N–H and O–H groups in total. The summed E-state index contributed by atoms with van der Waals surface area (Å²) in [6.07, 6.45) is 0.731. The third-order valence-electron chi connectivity index (χ3n) is 3.43. The Hall–Kier alpha value is -2.74. The molecule has 0 atom stereocenters. The molecule has 0 aliphatic carbocycles. The van der Waals surface area contributed by atoms with Crippen LogP contribution in [0.1, 0.15) is 16.8 Å². The first-order valence-electron chi connectivity index (χ1n) is 7.28. The molecule has 0 fully saturated rings. The van der Waals surface area contributed by atoms with E-state index in [2.05, 4.69) is 4.72 Å². The first-order valence-corrected chi connectivity index (χ1v) is 8.76. The van der Waals surface area contributed by atoms with Crippen LogP contribution >= 0.6 is 0 Å². The van der Waals surface area contributed by atoms with Crippen LogP contribution in [0.4, 0.5) is 5.69 Å². The number of hydrogen-bond donors (Lipinski definition) is 2. The maximum Gasteiger partial charge on any atom is 0.262 e. The molecule has 2 aromatic carbocycles. The van der Waals surface area contributed by atoms with Crippen molar-refractivity contribution >= 4 is 21.6 Å². The van der Waals surface area contributed by atoms with Crippen LogP contribution in [-0.2, 0) is 10.0 Å². The molecular formula is C16H16N2O5S. The second-order valence-corrected chi connectivity index (χ2v) is 6.89. The Bertz CT molecular complexity index is 880. The first-order chi connectivity index (χ1) is 11.5. The van der Waals surface area contributed by atoms with Crippen molar-refractivity contribution in [3.8, 4) is 11.5 Å². The Morgan fingerprint density at radius 2 is 1.79 bits per heavy atom. The summed E-state index contributed by atoms with van der Waals surface area (Å²) in [7, 11) is -3.84. The van der Waals surface area contributed by atoms with Crippen LogP contribution in [0.25, 0.3) is 0 Å². The Kier molecular flexibility index (Phi) is 4.30. The summed E-state index contributed by atoms with van der Waals surface area (Å²) in [5.41, 5.74) is 5.67. The minimum Gasteiger partial charge on any atom is -0.490 e. The maximum atomic E-state index is 12.5. The number of fused-ring (bicyclic) bond motifs is 1. The number of hydrogen-bond acceptors (Lipinski definition) is 5. The molecule has 0 spiro atoms. The molecule has 126 valence electrons. The second-order valence-electron chi connectivity index (χ2n) is 5.21. The van der Waals surface area contributed by atoms with Gasteiger partial charge in [-0.15, -0.1) is 0 Å². The number of benzene rings is 2. The maximum absolute atomic E-state index is 12.5. The van der Waals surface area contributed by atoms with Crippen LogP contribution < -0.4 is 19.9 Å². The predicted octanol–water partition coefficient (Wildman–Crippen LogP) is 1.75. The topological polar surface area (TPSA) is 108 Å². The molecule has 2 aromatic rings. The number of amides is 1. The van der Waals surface area contributed by atoms with Gasteiger partial charge in [0, 0.05) is 23.7 Å². The van der Waals surface area contributed by atoms with Crippen molar-refractivity contribution < 1.29 is 22.7 Å². The molecule has 1 aliphatic rings. The van der Waals surface area contributed by atoms with Crippen LogP contribution in [0.15, 0.2) is 47.4 Å². The van der Waals surface area contributed by atoms with Gasteiger partial charge in [-0.25, -0.2) is 8.42 Å². The van der Waals surface area contributed by atoms with E-state index >= 15 is 0 Å². The van der Waals surface area contributed by atoms with Crippen LogP contribution in [0.3, 0.4) is 0 Å². The van der Waals surface area contributed by atoms with E-state index < -0.39 is 15.9 Å². The SMILES string of the molecule is NC(=O)c1cccc(NS(=O)(=O)c2ccc3c(c2)OCCCO3)c1. The zero-order valence-corrected chi connectivity index (χ0v) is 13.5. The minimum atomic E-state index is -3.84. The summed E-state index contributed by atoms with van der Waals surface area (Å²) in [6, 6.07) is 10.4. The van der Waals surface area contributed by atoms with E-state index in [1.165, 1.54) is 30.3 Å². The van der Waals surface area contributed by atoms with Crippen LogP contribution in [0.5, 0.6) is 11.5 Å². The second kappa shape index (κ2) is 6.40. The average molecular weight is 348 g/mol. The van der Waals surface area contributed by atoms with E-state index in [0.29, 0.717) is 24.7 Å². The molecule has 1 heterocycles. The number of ether oxygens (including phenoxy) is 2. The molecule has 7 nitrogen and oxygen atoms in total. The number of nitrogens with two attached hydrogens (primary N) is 1. The van der Waals surface area contributed by atoms with E-state index in [4.69, 9.17) is 15.2 Å². The van der Waals surface area contributed by atoms with Gasteiger partial charge in [0.15, 0.2) is 11.5 Å². The van der Waals surface area contributed by atoms with Gasteiger partial charge in [0.05, 0.1) is 18.1 Å². The number of sulfonamides is 1. The number of anilines is 1. The molecule has 24 heavy (non-hydrogen) atoms. The largest absolute Gasteiger partial charge is 0.490 e. The van der Waals surface area contributed by atoms with Crippen LogP contribution in [0, 0.1) is 0 Å². The van der Waals surface area contributed by atoms with Crippen molar-refractivity contribution in [3.63, 3.8) is 0 Å². The van der Waals surface area contributed by atoms with E-state index in [-0.39, 0.29) is 16.1 Å². The molecule has 0 aromatic heterocycles. The van der Waals surface area contributed by atoms with E-state index in [1.54, 1.807) is 12.1 Å². The van der Waals surface area contributed by atoms with Crippen LogP contribution in [-0.4, -0.2) is 27.5 Å². The molecule has 0 unspecified atom stereocenters. The lowest BCUT2D eigenvalue weighted by molar-refractivity contribution is 0.100. The van der Waals surface area contributed by atoms with Crippen LogP contribution in [0.2, 0.25) is 0 Å². The fraction of sp³-hybridized carbons (Fsp3) is 0.188. The van der Waals surface area contributed by atoms with Gasteiger partial charge in [-0.2, -0.15) is 0 Å². The van der Waals surface area contributed by atoms with Gasteiger partial charge in [-0.1, -0.05) is 6.07 Å². The summed E-state index contributed by atoms with van der Waals surface area (Å²) in [5, 5.41) is 0. The molecule has 0 radical (unpaired) electrons. The number of carbonyl (C=O) groups is 1. The molecule has 8 heteroatoms. The Morgan fingerprint density at radius 1 is 1.04 bits per heavy atom. The number of rotatable bonds is 4. The predicted molar refractivity (Wildman–Crippen MR) is 87.8 cm³/mol. The van der Waals surface area contributed by atoms with Crippen molar-refractivity contribution in [1.29, 1.82) is 0 Å². The highest BCUT2D eigenvalue weighted by molar-refractivity contribution is 7.92. The lowest BCUT2D eigenvalue weighted by Crippen LogP contribution is -2.15. The first kappa shape index (κ1) is 16.1. The number of primary amides is 1. The van der Waals surface area contributed by atoms with Gasteiger partial charge < -0.3 is 15.2 Å². The Balaban J connectivity index is 1.89. The summed E-state index contributed by atoms with van der Waals surface area (Å²) < 4.78 is 38.5. The van der Waals surface area contributed by atoms with Gasteiger partial charge in [-0.05, 0) is 30.3 Å². The number of nitrogens with one attached hydrogen (secondary N) is 1. The van der Waals surface area contributed by atoms with Gasteiger partial charge in [0.2, 0.25) is 5.91 Å². The van der Waals surface area contributed by atoms with Gasteiger partial charge >= 0.3 is 0 Å². The fourth-order valence-electron chi connectivity index (χ4n) is 2.26. The number of carbonyl (C=O) groups excluding carboxylic acids is 1. The molecular weight excluding hydrogens is 332 g/mol. The third kappa shape index (κ3) is 3.43. The van der Waals surface area contributed by atoms with Crippen molar-refractivity contribution in [3.05, 3.63) is 48.0 Å². The molecule has 0 saturated carbocycles. The molecule has 0 saturated heterocycles. The summed E-state index contributed by atoms with van der Waals surface area (Å²) in [5.74, 6) is 0.273. The zero-order valence-electron chi connectivity index (χ0n) is 12.7. The molecule has 1 aliphatic heterocycles. The highest BCUT2D eigenvalue weighted by atomic mass is 32.2. The van der Waals surface area contributed by atoms with E-state index in [0.717, 1.165) is 6.42 Å². The summed E-state index contributed by atoms with van der Waals surface area (Å²) >= 11 is 0. The molecule has 0 bridgehead atoms. The average Bonchev–Trinajstić information content (AvgIpc) is 2.79. The van der Waals surface area contributed by atoms with Crippen molar-refractivity contribution in [2.24, 2.45) is 5.73 Å². The lowest BCUT2D eigenvalue weighted by atomic mass is 10.2. The third-order valence-corrected chi connectivity index (χ3v) is 4.81. The zero-order chi connectivity index (χ0) is 17.2. The normalized spacial score (nSPS) is 13.8. The molecule has 1 amide bonds. The van der Waals surface area contributed by atoms with Crippen molar-refractivity contribution in [1.82, 2.24) is 0 Å². The summed E-state index contributed by atoms with van der Waals surface area (Å²) in [6.45, 7) is 0.988.